The summed E-state index contributed by atoms with van der Waals surface area (Å²) in [5.74, 6) is 0. The maximum Gasteiger partial charge on any atom is 0.101 e. The molecule has 0 aliphatic rings. The molecule has 0 fully saturated rings. The molecule has 1 unspecified atom stereocenters. The first kappa shape index (κ1) is 11.6. The van der Waals surface area contributed by atoms with Gasteiger partial charge < -0.3 is 5.32 Å². The van der Waals surface area contributed by atoms with E-state index in [9.17, 15) is 0 Å². The molecular weight excluding hydrogens is 208 g/mol. The minimum Gasteiger partial charge on any atom is -0.382 e. The summed E-state index contributed by atoms with van der Waals surface area (Å²) in [6, 6.07) is 7.67. The zero-order valence-corrected chi connectivity index (χ0v) is 9.38. The molecule has 0 aliphatic carbocycles. The second kappa shape index (κ2) is 5.43. The van der Waals surface area contributed by atoms with Crippen molar-refractivity contribution in [2.75, 3.05) is 5.32 Å². The number of nitriles is 1. The van der Waals surface area contributed by atoms with Gasteiger partial charge in [0.2, 0.25) is 0 Å². The maximum atomic E-state index is 8.71. The molecule has 0 heterocycles. The number of hydrogen-bond acceptors (Lipinski definition) is 2. The third-order valence-electron chi connectivity index (χ3n) is 2.02. The predicted octanol–water partition coefficient (Wildman–Crippen LogP) is 3.59. The molecule has 0 aromatic heterocycles. The average molecular weight is 221 g/mol. The highest BCUT2D eigenvalue weighted by atomic mass is 35.5. The van der Waals surface area contributed by atoms with Gasteiger partial charge in [-0.05, 0) is 31.5 Å². The molecule has 1 rings (SSSR count). The van der Waals surface area contributed by atoms with Crippen molar-refractivity contribution in [2.24, 2.45) is 0 Å². The zero-order chi connectivity index (χ0) is 11.3. The number of rotatable bonds is 4. The Labute approximate surface area is 95.2 Å². The summed E-state index contributed by atoms with van der Waals surface area (Å²) >= 11 is 5.91. The van der Waals surface area contributed by atoms with Gasteiger partial charge in [0.05, 0.1) is 10.6 Å². The Morgan fingerprint density at radius 3 is 2.93 bits per heavy atom. The van der Waals surface area contributed by atoms with Crippen molar-refractivity contribution in [3.63, 3.8) is 0 Å². The molecule has 1 aromatic rings. The van der Waals surface area contributed by atoms with Crippen molar-refractivity contribution in [3.05, 3.63) is 41.4 Å². The topological polar surface area (TPSA) is 35.8 Å². The van der Waals surface area contributed by atoms with Gasteiger partial charge in [-0.15, -0.1) is 6.58 Å². The van der Waals surface area contributed by atoms with Crippen molar-refractivity contribution in [3.8, 4) is 6.07 Å². The fraction of sp³-hybridized carbons (Fsp3) is 0.250. The van der Waals surface area contributed by atoms with Gasteiger partial charge in [-0.2, -0.15) is 5.26 Å². The first-order chi connectivity index (χ1) is 7.17. The van der Waals surface area contributed by atoms with Crippen LogP contribution in [-0.2, 0) is 0 Å². The molecule has 0 saturated carbocycles. The molecule has 0 spiro atoms. The highest BCUT2D eigenvalue weighted by Gasteiger charge is 2.03. The van der Waals surface area contributed by atoms with Crippen LogP contribution in [-0.4, -0.2) is 6.04 Å². The quantitative estimate of drug-likeness (QED) is 0.788. The van der Waals surface area contributed by atoms with Crippen LogP contribution < -0.4 is 5.32 Å². The zero-order valence-electron chi connectivity index (χ0n) is 8.63. The van der Waals surface area contributed by atoms with E-state index in [-0.39, 0.29) is 0 Å². The van der Waals surface area contributed by atoms with E-state index in [1.165, 1.54) is 0 Å². The first-order valence-corrected chi connectivity index (χ1v) is 5.12. The standard InChI is InChI=1S/C12H13ClN2/c1-3-4-9(2)15-11-6-5-10(8-14)12(13)7-11/h3,5-7,9,15H,1,4H2,2H3. The highest BCUT2D eigenvalue weighted by molar-refractivity contribution is 6.32. The molecule has 0 bridgehead atoms. The smallest absolute Gasteiger partial charge is 0.101 e. The summed E-state index contributed by atoms with van der Waals surface area (Å²) in [4.78, 5) is 0. The van der Waals surface area contributed by atoms with Gasteiger partial charge in [0.25, 0.3) is 0 Å². The summed E-state index contributed by atoms with van der Waals surface area (Å²) in [6.45, 7) is 5.74. The Kier molecular flexibility index (Phi) is 4.20. The second-order valence-corrected chi connectivity index (χ2v) is 3.78. The van der Waals surface area contributed by atoms with Crippen LogP contribution in [0.4, 0.5) is 5.69 Å². The summed E-state index contributed by atoms with van der Waals surface area (Å²) < 4.78 is 0. The molecular formula is C12H13ClN2. The van der Waals surface area contributed by atoms with Gasteiger partial charge in [-0.1, -0.05) is 17.7 Å². The summed E-state index contributed by atoms with van der Waals surface area (Å²) in [7, 11) is 0. The highest BCUT2D eigenvalue weighted by Crippen LogP contribution is 2.20. The van der Waals surface area contributed by atoms with Gasteiger partial charge in [-0.25, -0.2) is 0 Å². The molecule has 2 nitrogen and oxygen atoms in total. The molecule has 0 radical (unpaired) electrons. The van der Waals surface area contributed by atoms with Crippen molar-refractivity contribution in [1.82, 2.24) is 0 Å². The second-order valence-electron chi connectivity index (χ2n) is 3.38. The monoisotopic (exact) mass is 220 g/mol. The Hall–Kier alpha value is -1.46. The van der Waals surface area contributed by atoms with E-state index in [2.05, 4.69) is 18.8 Å². The number of nitrogens with zero attached hydrogens (tertiary/aromatic N) is 1. The van der Waals surface area contributed by atoms with E-state index in [1.54, 1.807) is 12.1 Å². The van der Waals surface area contributed by atoms with E-state index < -0.39 is 0 Å². The molecule has 15 heavy (non-hydrogen) atoms. The van der Waals surface area contributed by atoms with E-state index in [1.807, 2.05) is 18.2 Å². The fourth-order valence-electron chi connectivity index (χ4n) is 1.29. The van der Waals surface area contributed by atoms with Crippen LogP contribution in [0.2, 0.25) is 5.02 Å². The molecule has 1 atom stereocenters. The van der Waals surface area contributed by atoms with E-state index in [4.69, 9.17) is 16.9 Å². The van der Waals surface area contributed by atoms with Gasteiger partial charge in [0, 0.05) is 11.7 Å². The van der Waals surface area contributed by atoms with E-state index in [0.29, 0.717) is 16.6 Å². The Morgan fingerprint density at radius 2 is 2.40 bits per heavy atom. The number of halogens is 1. The summed E-state index contributed by atoms with van der Waals surface area (Å²) in [5, 5.41) is 12.5. The van der Waals surface area contributed by atoms with Crippen molar-refractivity contribution in [2.45, 2.75) is 19.4 Å². The number of hydrogen-bond donors (Lipinski definition) is 1. The van der Waals surface area contributed by atoms with Crippen LogP contribution in [0.25, 0.3) is 0 Å². The molecule has 3 heteroatoms. The lowest BCUT2D eigenvalue weighted by molar-refractivity contribution is 0.814. The van der Waals surface area contributed by atoms with E-state index >= 15 is 0 Å². The molecule has 0 aliphatic heterocycles. The lowest BCUT2D eigenvalue weighted by Crippen LogP contribution is -2.13. The molecule has 1 N–H and O–H groups in total. The van der Waals surface area contributed by atoms with Crippen LogP contribution in [0.15, 0.2) is 30.9 Å². The minimum absolute atomic E-state index is 0.312. The van der Waals surface area contributed by atoms with Crippen LogP contribution in [0.5, 0.6) is 0 Å². The first-order valence-electron chi connectivity index (χ1n) is 4.74. The number of nitrogens with one attached hydrogen (secondary N) is 1. The normalized spacial score (nSPS) is 11.5. The minimum atomic E-state index is 0.312. The molecule has 0 saturated heterocycles. The third-order valence-corrected chi connectivity index (χ3v) is 2.34. The van der Waals surface area contributed by atoms with Gasteiger partial charge >= 0.3 is 0 Å². The number of benzene rings is 1. The predicted molar refractivity (Wildman–Crippen MR) is 64.1 cm³/mol. The van der Waals surface area contributed by atoms with Crippen LogP contribution in [0, 0.1) is 11.3 Å². The molecule has 78 valence electrons. The maximum absolute atomic E-state index is 8.71. The van der Waals surface area contributed by atoms with Gasteiger partial charge in [-0.3, -0.25) is 0 Å². The van der Waals surface area contributed by atoms with Crippen LogP contribution >= 0.6 is 11.6 Å². The van der Waals surface area contributed by atoms with Crippen LogP contribution in [0.3, 0.4) is 0 Å². The van der Waals surface area contributed by atoms with Crippen LogP contribution in [0.1, 0.15) is 18.9 Å². The summed E-state index contributed by atoms with van der Waals surface area (Å²) in [6.07, 6.45) is 2.75. The van der Waals surface area contributed by atoms with Crippen molar-refractivity contribution in [1.29, 1.82) is 5.26 Å². The lowest BCUT2D eigenvalue weighted by atomic mass is 10.2. The SMILES string of the molecule is C=CCC(C)Nc1ccc(C#N)c(Cl)c1. The Morgan fingerprint density at radius 1 is 1.67 bits per heavy atom. The van der Waals surface area contributed by atoms with Gasteiger partial charge in [0.15, 0.2) is 0 Å². The average Bonchev–Trinajstić information content (AvgIpc) is 2.18. The Bertz CT molecular complexity index is 393. The number of anilines is 1. The van der Waals surface area contributed by atoms with Gasteiger partial charge in [0.1, 0.15) is 6.07 Å². The molecule has 1 aromatic carbocycles. The Balaban J connectivity index is 2.76. The lowest BCUT2D eigenvalue weighted by Gasteiger charge is -2.13. The fourth-order valence-corrected chi connectivity index (χ4v) is 1.51. The van der Waals surface area contributed by atoms with E-state index in [0.717, 1.165) is 12.1 Å². The third kappa shape index (κ3) is 3.30. The van der Waals surface area contributed by atoms with Crippen molar-refractivity contribution >= 4 is 17.3 Å². The van der Waals surface area contributed by atoms with Crippen molar-refractivity contribution < 1.29 is 0 Å². The summed E-state index contributed by atoms with van der Waals surface area (Å²) in [5.41, 5.74) is 1.42. The largest absolute Gasteiger partial charge is 0.382 e. The molecule has 0 amide bonds.